The van der Waals surface area contributed by atoms with Crippen LogP contribution in [0.1, 0.15) is 0 Å². The molecule has 3 aromatic carbocycles. The number of ether oxygens (including phenoxy) is 1. The van der Waals surface area contributed by atoms with Gasteiger partial charge >= 0.3 is 0 Å². The van der Waals surface area contributed by atoms with Gasteiger partial charge in [-0.2, -0.15) is 0 Å². The molecule has 4 rings (SSSR count). The van der Waals surface area contributed by atoms with Crippen LogP contribution in [0.4, 0.5) is 11.4 Å². The summed E-state index contributed by atoms with van der Waals surface area (Å²) in [6, 6.07) is 23.1. The van der Waals surface area contributed by atoms with E-state index in [1.165, 1.54) is 22.3 Å². The summed E-state index contributed by atoms with van der Waals surface area (Å²) in [7, 11) is 1.69. The summed E-state index contributed by atoms with van der Waals surface area (Å²) in [5, 5.41) is 3.54. The first kappa shape index (κ1) is 12.0. The summed E-state index contributed by atoms with van der Waals surface area (Å²) in [5.74, 6) is 0.859. The van der Waals surface area contributed by atoms with Gasteiger partial charge in [-0.1, -0.05) is 42.5 Å². The molecular formula is C19H15NO. The van der Waals surface area contributed by atoms with Crippen LogP contribution >= 0.6 is 0 Å². The zero-order valence-electron chi connectivity index (χ0n) is 11.8. The Hall–Kier alpha value is -2.74. The highest BCUT2D eigenvalue weighted by molar-refractivity contribution is 5.98. The molecule has 1 heterocycles. The van der Waals surface area contributed by atoms with E-state index in [1.807, 2.05) is 12.1 Å². The average Bonchev–Trinajstić information content (AvgIpc) is 2.69. The van der Waals surface area contributed by atoms with Crippen LogP contribution in [0.5, 0.6) is 5.75 Å². The van der Waals surface area contributed by atoms with Crippen LogP contribution in [-0.4, -0.2) is 7.11 Å². The fraction of sp³-hybridized carbons (Fsp3) is 0.0526. The van der Waals surface area contributed by atoms with Crippen molar-refractivity contribution in [3.05, 3.63) is 66.7 Å². The van der Waals surface area contributed by atoms with Crippen LogP contribution in [0.3, 0.4) is 0 Å². The third-order valence-corrected chi connectivity index (χ3v) is 3.93. The molecule has 0 aromatic heterocycles. The minimum atomic E-state index is 0.859. The van der Waals surface area contributed by atoms with Crippen molar-refractivity contribution in [2.75, 3.05) is 12.4 Å². The maximum atomic E-state index is 5.36. The van der Waals surface area contributed by atoms with E-state index in [9.17, 15) is 0 Å². The zero-order valence-corrected chi connectivity index (χ0v) is 11.8. The van der Waals surface area contributed by atoms with Crippen molar-refractivity contribution in [2.24, 2.45) is 0 Å². The highest BCUT2D eigenvalue weighted by Gasteiger charge is 2.18. The summed E-state index contributed by atoms with van der Waals surface area (Å²) in [6.07, 6.45) is 0. The SMILES string of the molecule is COc1ccc2c(c1)Nc1ccccc1-c1ccccc1-2. The van der Waals surface area contributed by atoms with Gasteiger partial charge in [0.05, 0.1) is 12.8 Å². The van der Waals surface area contributed by atoms with E-state index in [4.69, 9.17) is 4.74 Å². The molecule has 102 valence electrons. The van der Waals surface area contributed by atoms with E-state index < -0.39 is 0 Å². The molecule has 0 atom stereocenters. The average molecular weight is 273 g/mol. The Labute approximate surface area is 124 Å². The second kappa shape index (κ2) is 4.67. The van der Waals surface area contributed by atoms with Gasteiger partial charge in [0.1, 0.15) is 5.75 Å². The standard InChI is InChI=1S/C19H15NO/c1-21-13-10-11-17-15-7-3-2-6-14(15)16-8-4-5-9-18(16)20-19(17)12-13/h2-12,20H,1H3. The van der Waals surface area contributed by atoms with E-state index in [2.05, 4.69) is 59.9 Å². The lowest BCUT2D eigenvalue weighted by atomic mass is 9.95. The molecule has 2 heteroatoms. The predicted octanol–water partition coefficient (Wildman–Crippen LogP) is 5.09. The monoisotopic (exact) mass is 273 g/mol. The Morgan fingerprint density at radius 1 is 0.667 bits per heavy atom. The summed E-state index contributed by atoms with van der Waals surface area (Å²) < 4.78 is 5.36. The highest BCUT2D eigenvalue weighted by Crippen LogP contribution is 2.44. The topological polar surface area (TPSA) is 21.3 Å². The van der Waals surface area contributed by atoms with Crippen molar-refractivity contribution < 1.29 is 4.74 Å². The Balaban J connectivity index is 2.06. The van der Waals surface area contributed by atoms with Crippen LogP contribution in [0.2, 0.25) is 0 Å². The number of hydrogen-bond donors (Lipinski definition) is 1. The zero-order chi connectivity index (χ0) is 14.2. The predicted molar refractivity (Wildman–Crippen MR) is 87.1 cm³/mol. The first-order valence-electron chi connectivity index (χ1n) is 7.01. The van der Waals surface area contributed by atoms with Gasteiger partial charge in [-0.25, -0.2) is 0 Å². The molecule has 0 radical (unpaired) electrons. The van der Waals surface area contributed by atoms with Crippen LogP contribution < -0.4 is 10.1 Å². The molecular weight excluding hydrogens is 258 g/mol. The Morgan fingerprint density at radius 3 is 2.00 bits per heavy atom. The molecule has 0 aliphatic carbocycles. The lowest BCUT2D eigenvalue weighted by Gasteiger charge is -2.11. The van der Waals surface area contributed by atoms with Gasteiger partial charge < -0.3 is 10.1 Å². The van der Waals surface area contributed by atoms with E-state index >= 15 is 0 Å². The summed E-state index contributed by atoms with van der Waals surface area (Å²) >= 11 is 0. The molecule has 0 spiro atoms. The normalized spacial score (nSPS) is 11.5. The lowest BCUT2D eigenvalue weighted by molar-refractivity contribution is 0.415. The van der Waals surface area contributed by atoms with E-state index in [0.29, 0.717) is 0 Å². The number of hydrogen-bond acceptors (Lipinski definition) is 2. The molecule has 1 aliphatic rings. The first-order chi connectivity index (χ1) is 10.4. The number of benzene rings is 3. The van der Waals surface area contributed by atoms with Crippen LogP contribution in [0, 0.1) is 0 Å². The molecule has 2 nitrogen and oxygen atoms in total. The maximum absolute atomic E-state index is 5.36. The molecule has 0 fully saturated rings. The number of para-hydroxylation sites is 1. The van der Waals surface area contributed by atoms with Crippen molar-refractivity contribution in [1.29, 1.82) is 0 Å². The first-order valence-corrected chi connectivity index (χ1v) is 7.01. The number of rotatable bonds is 1. The second-order valence-corrected chi connectivity index (χ2v) is 5.13. The van der Waals surface area contributed by atoms with E-state index in [1.54, 1.807) is 7.11 Å². The van der Waals surface area contributed by atoms with Gasteiger partial charge in [0, 0.05) is 22.9 Å². The molecule has 1 N–H and O–H groups in total. The van der Waals surface area contributed by atoms with Gasteiger partial charge in [-0.05, 0) is 29.3 Å². The third kappa shape index (κ3) is 1.88. The molecule has 21 heavy (non-hydrogen) atoms. The van der Waals surface area contributed by atoms with Crippen molar-refractivity contribution >= 4 is 11.4 Å². The summed E-state index contributed by atoms with van der Waals surface area (Å²) in [4.78, 5) is 0. The van der Waals surface area contributed by atoms with E-state index in [0.717, 1.165) is 17.1 Å². The molecule has 0 amide bonds. The number of methoxy groups -OCH3 is 1. The molecule has 0 unspecified atom stereocenters. The molecule has 0 saturated heterocycles. The Kier molecular flexibility index (Phi) is 2.68. The van der Waals surface area contributed by atoms with Crippen molar-refractivity contribution in [3.63, 3.8) is 0 Å². The summed E-state index contributed by atoms with van der Waals surface area (Å²) in [6.45, 7) is 0. The van der Waals surface area contributed by atoms with E-state index in [-0.39, 0.29) is 0 Å². The lowest BCUT2D eigenvalue weighted by Crippen LogP contribution is -1.93. The quantitative estimate of drug-likeness (QED) is 0.522. The fourth-order valence-corrected chi connectivity index (χ4v) is 2.91. The van der Waals surface area contributed by atoms with Crippen LogP contribution in [-0.2, 0) is 0 Å². The van der Waals surface area contributed by atoms with Gasteiger partial charge in [0.2, 0.25) is 0 Å². The minimum Gasteiger partial charge on any atom is -0.497 e. The van der Waals surface area contributed by atoms with Gasteiger partial charge in [-0.3, -0.25) is 0 Å². The van der Waals surface area contributed by atoms with Crippen molar-refractivity contribution in [3.8, 4) is 28.0 Å². The van der Waals surface area contributed by atoms with Crippen LogP contribution in [0.15, 0.2) is 66.7 Å². The molecule has 3 aromatic rings. The Morgan fingerprint density at radius 2 is 1.29 bits per heavy atom. The van der Waals surface area contributed by atoms with Crippen molar-refractivity contribution in [1.82, 2.24) is 0 Å². The van der Waals surface area contributed by atoms with Crippen LogP contribution in [0.25, 0.3) is 22.3 Å². The minimum absolute atomic E-state index is 0.859. The molecule has 0 bridgehead atoms. The maximum Gasteiger partial charge on any atom is 0.120 e. The van der Waals surface area contributed by atoms with Gasteiger partial charge in [0.25, 0.3) is 0 Å². The summed E-state index contributed by atoms with van der Waals surface area (Å²) in [5.41, 5.74) is 7.12. The largest absolute Gasteiger partial charge is 0.497 e. The third-order valence-electron chi connectivity index (χ3n) is 3.93. The smallest absolute Gasteiger partial charge is 0.120 e. The number of anilines is 2. The van der Waals surface area contributed by atoms with Gasteiger partial charge in [0.15, 0.2) is 0 Å². The fourth-order valence-electron chi connectivity index (χ4n) is 2.91. The molecule has 0 saturated carbocycles. The second-order valence-electron chi connectivity index (χ2n) is 5.13. The van der Waals surface area contributed by atoms with Crippen molar-refractivity contribution in [2.45, 2.75) is 0 Å². The number of nitrogens with one attached hydrogen (secondary N) is 1. The molecule has 1 aliphatic heterocycles. The van der Waals surface area contributed by atoms with Gasteiger partial charge in [-0.15, -0.1) is 0 Å². The number of fused-ring (bicyclic) bond motifs is 5. The Bertz CT molecular complexity index is 823. The highest BCUT2D eigenvalue weighted by atomic mass is 16.5.